The molecule has 0 aliphatic carbocycles. The number of nitro groups is 1. The predicted molar refractivity (Wildman–Crippen MR) is 82.5 cm³/mol. The Hall–Kier alpha value is -2.09. The smallest absolute Gasteiger partial charge is 0.271 e. The summed E-state index contributed by atoms with van der Waals surface area (Å²) < 4.78 is 0. The molecule has 3 rings (SSSR count). The zero-order chi connectivity index (χ0) is 15.9. The van der Waals surface area contributed by atoms with Crippen molar-refractivity contribution in [2.75, 3.05) is 11.1 Å². The molecule has 2 amide bonds. The lowest BCUT2D eigenvalue weighted by atomic mass is 10.2. The largest absolute Gasteiger partial charge is 0.324 e. The van der Waals surface area contributed by atoms with E-state index < -0.39 is 11.0 Å². The Morgan fingerprint density at radius 2 is 2.32 bits per heavy atom. The van der Waals surface area contributed by atoms with E-state index in [0.29, 0.717) is 17.9 Å². The van der Waals surface area contributed by atoms with Crippen molar-refractivity contribution in [1.82, 2.24) is 4.90 Å². The summed E-state index contributed by atoms with van der Waals surface area (Å²) in [7, 11) is 0. The van der Waals surface area contributed by atoms with Crippen molar-refractivity contribution in [3.63, 3.8) is 0 Å². The molecule has 2 aliphatic rings. The number of fused-ring (bicyclic) bond motifs is 1. The van der Waals surface area contributed by atoms with Gasteiger partial charge in [-0.3, -0.25) is 19.7 Å². The van der Waals surface area contributed by atoms with Crippen LogP contribution in [0, 0.1) is 10.1 Å². The first kappa shape index (κ1) is 14.8. The van der Waals surface area contributed by atoms with Crippen LogP contribution in [0.2, 0.25) is 0 Å². The van der Waals surface area contributed by atoms with E-state index >= 15 is 0 Å². The molecule has 0 aromatic heterocycles. The number of hydrogen-bond donors (Lipinski definition) is 1. The Bertz CT molecular complexity index is 665. The van der Waals surface area contributed by atoms with E-state index in [0.717, 1.165) is 6.42 Å². The average molecular weight is 321 g/mol. The van der Waals surface area contributed by atoms with E-state index in [1.54, 1.807) is 22.7 Å². The standard InChI is InChI=1S/C14H15N3O4S/c1-14-6-5-12(18)16(14)11(8-22-14)13(19)15-9-3-2-4-10(7-9)17(20)21/h2-4,7,11H,5-6,8H2,1H3,(H,15,19)/t11-,14-/m1/s1. The van der Waals surface area contributed by atoms with E-state index in [2.05, 4.69) is 5.32 Å². The van der Waals surface area contributed by atoms with Gasteiger partial charge in [0.25, 0.3) is 5.69 Å². The maximum absolute atomic E-state index is 12.4. The molecule has 0 bridgehead atoms. The molecule has 2 fully saturated rings. The Balaban J connectivity index is 1.77. The van der Waals surface area contributed by atoms with Gasteiger partial charge in [0.1, 0.15) is 6.04 Å². The first-order valence-corrected chi connectivity index (χ1v) is 7.91. The van der Waals surface area contributed by atoms with Crippen LogP contribution in [0.15, 0.2) is 24.3 Å². The van der Waals surface area contributed by atoms with E-state index in [-0.39, 0.29) is 22.4 Å². The van der Waals surface area contributed by atoms with Gasteiger partial charge in [-0.05, 0) is 19.4 Å². The van der Waals surface area contributed by atoms with Gasteiger partial charge in [-0.1, -0.05) is 6.07 Å². The number of nitrogens with zero attached hydrogens (tertiary/aromatic N) is 2. The second-order valence-electron chi connectivity index (χ2n) is 5.56. The average Bonchev–Trinajstić information content (AvgIpc) is 2.96. The van der Waals surface area contributed by atoms with Gasteiger partial charge in [0.2, 0.25) is 11.8 Å². The second-order valence-corrected chi connectivity index (χ2v) is 7.06. The number of thioether (sulfide) groups is 1. The summed E-state index contributed by atoms with van der Waals surface area (Å²) in [6.07, 6.45) is 1.21. The third-order valence-electron chi connectivity index (χ3n) is 4.07. The molecule has 2 aliphatic heterocycles. The van der Waals surface area contributed by atoms with E-state index in [4.69, 9.17) is 0 Å². The molecule has 7 nitrogen and oxygen atoms in total. The van der Waals surface area contributed by atoms with Crippen molar-refractivity contribution < 1.29 is 14.5 Å². The van der Waals surface area contributed by atoms with Crippen LogP contribution in [0.1, 0.15) is 19.8 Å². The van der Waals surface area contributed by atoms with Gasteiger partial charge in [0, 0.05) is 30.0 Å². The van der Waals surface area contributed by atoms with Crippen LogP contribution in [0.25, 0.3) is 0 Å². The topological polar surface area (TPSA) is 92.6 Å². The van der Waals surface area contributed by atoms with Crippen LogP contribution >= 0.6 is 11.8 Å². The molecule has 0 spiro atoms. The van der Waals surface area contributed by atoms with Crippen LogP contribution in [0.4, 0.5) is 11.4 Å². The molecule has 1 N–H and O–H groups in total. The van der Waals surface area contributed by atoms with Crippen molar-refractivity contribution in [2.24, 2.45) is 0 Å². The zero-order valence-corrected chi connectivity index (χ0v) is 12.8. The normalized spacial score (nSPS) is 26.9. The summed E-state index contributed by atoms with van der Waals surface area (Å²) in [5.74, 6) is 0.238. The number of non-ortho nitro benzene ring substituents is 1. The number of carbonyl (C=O) groups is 2. The van der Waals surface area contributed by atoms with Crippen LogP contribution in [0.5, 0.6) is 0 Å². The van der Waals surface area contributed by atoms with Gasteiger partial charge in [-0.15, -0.1) is 11.8 Å². The lowest BCUT2D eigenvalue weighted by Crippen LogP contribution is -2.48. The minimum atomic E-state index is -0.524. The summed E-state index contributed by atoms with van der Waals surface area (Å²) in [5.41, 5.74) is 0.283. The number of rotatable bonds is 3. The van der Waals surface area contributed by atoms with Crippen molar-refractivity contribution in [3.05, 3.63) is 34.4 Å². The van der Waals surface area contributed by atoms with Gasteiger partial charge in [-0.25, -0.2) is 0 Å². The van der Waals surface area contributed by atoms with Crippen molar-refractivity contribution >= 4 is 35.0 Å². The summed E-state index contributed by atoms with van der Waals surface area (Å²) in [6.45, 7) is 1.98. The molecule has 0 saturated carbocycles. The lowest BCUT2D eigenvalue weighted by molar-refractivity contribution is -0.384. The molecule has 0 radical (unpaired) electrons. The lowest BCUT2D eigenvalue weighted by Gasteiger charge is -2.29. The molecule has 2 saturated heterocycles. The zero-order valence-electron chi connectivity index (χ0n) is 11.9. The number of anilines is 1. The fraction of sp³-hybridized carbons (Fsp3) is 0.429. The third-order valence-corrected chi connectivity index (χ3v) is 5.58. The van der Waals surface area contributed by atoms with Crippen molar-refractivity contribution in [3.8, 4) is 0 Å². The van der Waals surface area contributed by atoms with Crippen LogP contribution < -0.4 is 5.32 Å². The number of nitro benzene ring substituents is 1. The quantitative estimate of drug-likeness (QED) is 0.679. The van der Waals surface area contributed by atoms with Crippen molar-refractivity contribution in [2.45, 2.75) is 30.7 Å². The molecular formula is C14H15N3O4S. The SMILES string of the molecule is C[C@@]12CCC(=O)N1[C@@H](C(=O)Nc1cccc([N+](=O)[O-])c1)CS2. The van der Waals surface area contributed by atoms with Gasteiger partial charge >= 0.3 is 0 Å². The summed E-state index contributed by atoms with van der Waals surface area (Å²) in [5, 5.41) is 13.4. The summed E-state index contributed by atoms with van der Waals surface area (Å²) in [4.78, 5) is 36.1. The minimum Gasteiger partial charge on any atom is -0.324 e. The monoisotopic (exact) mass is 321 g/mol. The highest BCUT2D eigenvalue weighted by Crippen LogP contribution is 2.47. The molecule has 2 atom stereocenters. The number of nitrogens with one attached hydrogen (secondary N) is 1. The minimum absolute atomic E-state index is 0.00769. The summed E-state index contributed by atoms with van der Waals surface area (Å²) >= 11 is 1.61. The van der Waals surface area contributed by atoms with E-state index in [1.807, 2.05) is 6.92 Å². The fourth-order valence-corrected chi connectivity index (χ4v) is 4.37. The predicted octanol–water partition coefficient (Wildman–Crippen LogP) is 1.99. The Morgan fingerprint density at radius 3 is 3.05 bits per heavy atom. The van der Waals surface area contributed by atoms with Gasteiger partial charge in [0.15, 0.2) is 0 Å². The maximum Gasteiger partial charge on any atom is 0.271 e. The number of amides is 2. The van der Waals surface area contributed by atoms with Crippen LogP contribution in [0.3, 0.4) is 0 Å². The highest BCUT2D eigenvalue weighted by Gasteiger charge is 2.52. The fourth-order valence-electron chi connectivity index (χ4n) is 2.94. The molecule has 8 heteroatoms. The Labute approximate surface area is 131 Å². The van der Waals surface area contributed by atoms with Gasteiger partial charge < -0.3 is 10.2 Å². The second kappa shape index (κ2) is 5.28. The maximum atomic E-state index is 12.4. The van der Waals surface area contributed by atoms with E-state index in [9.17, 15) is 19.7 Å². The first-order chi connectivity index (χ1) is 10.4. The summed E-state index contributed by atoms with van der Waals surface area (Å²) in [6, 6.07) is 5.26. The molecule has 0 unspecified atom stereocenters. The van der Waals surface area contributed by atoms with Crippen molar-refractivity contribution in [1.29, 1.82) is 0 Å². The Morgan fingerprint density at radius 1 is 1.55 bits per heavy atom. The number of hydrogen-bond acceptors (Lipinski definition) is 5. The first-order valence-electron chi connectivity index (χ1n) is 6.92. The van der Waals surface area contributed by atoms with E-state index in [1.165, 1.54) is 18.2 Å². The molecule has 1 aromatic carbocycles. The van der Waals surface area contributed by atoms with Gasteiger partial charge in [0.05, 0.1) is 9.79 Å². The number of carbonyl (C=O) groups excluding carboxylic acids is 2. The third kappa shape index (κ3) is 2.43. The van der Waals surface area contributed by atoms with Crippen LogP contribution in [-0.2, 0) is 9.59 Å². The van der Waals surface area contributed by atoms with Crippen LogP contribution in [-0.4, -0.2) is 38.3 Å². The molecule has 116 valence electrons. The molecular weight excluding hydrogens is 306 g/mol. The molecule has 22 heavy (non-hydrogen) atoms. The molecule has 2 heterocycles. The number of benzene rings is 1. The highest BCUT2D eigenvalue weighted by molar-refractivity contribution is 8.01. The highest BCUT2D eigenvalue weighted by atomic mass is 32.2. The Kier molecular flexibility index (Phi) is 3.56. The van der Waals surface area contributed by atoms with Gasteiger partial charge in [-0.2, -0.15) is 0 Å². The molecule has 1 aromatic rings.